The van der Waals surface area contributed by atoms with Gasteiger partial charge in [-0.15, -0.1) is 0 Å². The molecular formula is C18H21BrN2. The van der Waals surface area contributed by atoms with Crippen LogP contribution in [0.5, 0.6) is 0 Å². The largest absolute Gasteiger partial charge is 0.329 e. The lowest BCUT2D eigenvalue weighted by atomic mass is 10.1. The van der Waals surface area contributed by atoms with Gasteiger partial charge in [0.25, 0.3) is 0 Å². The molecule has 0 heterocycles. The lowest BCUT2D eigenvalue weighted by Gasteiger charge is -2.29. The third-order valence-electron chi connectivity index (χ3n) is 4.24. The summed E-state index contributed by atoms with van der Waals surface area (Å²) in [6.07, 6.45) is 2.36. The van der Waals surface area contributed by atoms with E-state index in [1.165, 1.54) is 27.6 Å². The van der Waals surface area contributed by atoms with E-state index in [2.05, 4.69) is 69.4 Å². The van der Waals surface area contributed by atoms with Crippen molar-refractivity contribution in [2.45, 2.75) is 25.4 Å². The highest BCUT2D eigenvalue weighted by Gasteiger charge is 2.27. The average molecular weight is 345 g/mol. The molecule has 0 aliphatic heterocycles. The second kappa shape index (κ2) is 6.73. The molecule has 1 atom stereocenters. The van der Waals surface area contributed by atoms with Crippen LogP contribution in [0, 0.1) is 0 Å². The molecule has 0 amide bonds. The van der Waals surface area contributed by atoms with E-state index in [-0.39, 0.29) is 0 Å². The summed E-state index contributed by atoms with van der Waals surface area (Å²) in [6.45, 7) is 2.61. The Hall–Kier alpha value is -1.16. The van der Waals surface area contributed by atoms with Crippen LogP contribution < -0.4 is 5.73 Å². The first-order chi connectivity index (χ1) is 10.3. The highest BCUT2D eigenvalue weighted by molar-refractivity contribution is 9.10. The number of benzene rings is 2. The smallest absolute Gasteiger partial charge is 0.0358 e. The van der Waals surface area contributed by atoms with E-state index in [0.717, 1.165) is 19.5 Å². The van der Waals surface area contributed by atoms with Gasteiger partial charge < -0.3 is 5.73 Å². The summed E-state index contributed by atoms with van der Waals surface area (Å²) < 4.78 is 1.18. The normalized spacial score (nSPS) is 17.2. The van der Waals surface area contributed by atoms with E-state index in [0.29, 0.717) is 12.6 Å². The van der Waals surface area contributed by atoms with E-state index in [1.807, 2.05) is 0 Å². The number of halogens is 1. The third-order valence-corrected chi connectivity index (χ3v) is 4.73. The van der Waals surface area contributed by atoms with Gasteiger partial charge in [0.15, 0.2) is 0 Å². The molecule has 1 unspecified atom stereocenters. The molecule has 2 aromatic rings. The van der Waals surface area contributed by atoms with Crippen molar-refractivity contribution in [1.82, 2.24) is 4.90 Å². The molecule has 1 aliphatic rings. The first-order valence-corrected chi connectivity index (χ1v) is 8.33. The fourth-order valence-electron chi connectivity index (χ4n) is 3.27. The van der Waals surface area contributed by atoms with Gasteiger partial charge in [-0.2, -0.15) is 0 Å². The summed E-state index contributed by atoms with van der Waals surface area (Å²) in [5.41, 5.74) is 10.2. The van der Waals surface area contributed by atoms with Crippen LogP contribution in [0.3, 0.4) is 0 Å². The number of aryl methyl sites for hydroxylation is 1. The highest BCUT2D eigenvalue weighted by Crippen LogP contribution is 2.37. The molecule has 3 rings (SSSR count). The zero-order valence-corrected chi connectivity index (χ0v) is 13.7. The Labute approximate surface area is 135 Å². The van der Waals surface area contributed by atoms with Gasteiger partial charge in [-0.3, -0.25) is 4.90 Å². The van der Waals surface area contributed by atoms with Crippen LogP contribution in [0.4, 0.5) is 0 Å². The molecule has 0 saturated heterocycles. The number of hydrogen-bond donors (Lipinski definition) is 1. The van der Waals surface area contributed by atoms with E-state index >= 15 is 0 Å². The van der Waals surface area contributed by atoms with Crippen LogP contribution >= 0.6 is 15.9 Å². The molecule has 0 spiro atoms. The van der Waals surface area contributed by atoms with Gasteiger partial charge in [-0.05, 0) is 41.7 Å². The van der Waals surface area contributed by atoms with Crippen molar-refractivity contribution in [1.29, 1.82) is 0 Å². The maximum Gasteiger partial charge on any atom is 0.0358 e. The maximum absolute atomic E-state index is 5.85. The Morgan fingerprint density at radius 2 is 1.95 bits per heavy atom. The lowest BCUT2D eigenvalue weighted by molar-refractivity contribution is 0.193. The third kappa shape index (κ3) is 3.37. The lowest BCUT2D eigenvalue weighted by Crippen LogP contribution is -2.32. The van der Waals surface area contributed by atoms with Crippen molar-refractivity contribution >= 4 is 15.9 Å². The molecule has 2 nitrogen and oxygen atoms in total. The first-order valence-electron chi connectivity index (χ1n) is 7.54. The minimum atomic E-state index is 0.497. The van der Waals surface area contributed by atoms with E-state index in [9.17, 15) is 0 Å². The Balaban J connectivity index is 1.83. The zero-order chi connectivity index (χ0) is 14.7. The number of hydrogen-bond acceptors (Lipinski definition) is 2. The Morgan fingerprint density at radius 3 is 2.71 bits per heavy atom. The zero-order valence-electron chi connectivity index (χ0n) is 12.1. The Bertz CT molecular complexity index is 597. The van der Waals surface area contributed by atoms with Gasteiger partial charge in [0.1, 0.15) is 0 Å². The molecule has 1 aliphatic carbocycles. The second-order valence-corrected chi connectivity index (χ2v) is 6.56. The topological polar surface area (TPSA) is 29.3 Å². The van der Waals surface area contributed by atoms with Crippen LogP contribution in [0.25, 0.3) is 0 Å². The minimum Gasteiger partial charge on any atom is -0.329 e. The SMILES string of the molecule is NCCN(Cc1ccccc1)C1CCc2cc(Br)ccc21. The molecule has 0 bridgehead atoms. The van der Waals surface area contributed by atoms with Crippen LogP contribution in [-0.4, -0.2) is 18.0 Å². The summed E-state index contributed by atoms with van der Waals surface area (Å²) >= 11 is 3.57. The maximum atomic E-state index is 5.85. The monoisotopic (exact) mass is 344 g/mol. The number of nitrogens with zero attached hydrogens (tertiary/aromatic N) is 1. The molecule has 0 fully saturated rings. The van der Waals surface area contributed by atoms with Crippen LogP contribution in [0.15, 0.2) is 53.0 Å². The van der Waals surface area contributed by atoms with Crippen molar-refractivity contribution < 1.29 is 0 Å². The van der Waals surface area contributed by atoms with E-state index in [4.69, 9.17) is 5.73 Å². The van der Waals surface area contributed by atoms with Gasteiger partial charge in [-0.1, -0.05) is 52.3 Å². The van der Waals surface area contributed by atoms with E-state index < -0.39 is 0 Å². The molecule has 0 saturated carbocycles. The van der Waals surface area contributed by atoms with Crippen LogP contribution in [-0.2, 0) is 13.0 Å². The summed E-state index contributed by atoms with van der Waals surface area (Å²) in [4.78, 5) is 2.52. The molecular weight excluding hydrogens is 324 g/mol. The van der Waals surface area contributed by atoms with E-state index in [1.54, 1.807) is 0 Å². The summed E-state index contributed by atoms with van der Waals surface area (Å²) in [7, 11) is 0. The molecule has 2 aromatic carbocycles. The van der Waals surface area contributed by atoms with Crippen molar-refractivity contribution in [2.75, 3.05) is 13.1 Å². The van der Waals surface area contributed by atoms with Crippen molar-refractivity contribution in [2.24, 2.45) is 5.73 Å². The number of fused-ring (bicyclic) bond motifs is 1. The van der Waals surface area contributed by atoms with Crippen molar-refractivity contribution in [3.05, 3.63) is 69.7 Å². The molecule has 110 valence electrons. The standard InChI is InChI=1S/C18H21BrN2/c19-16-7-8-17-15(12-16)6-9-18(17)21(11-10-20)13-14-4-2-1-3-5-14/h1-5,7-8,12,18H,6,9-11,13,20H2. The van der Waals surface area contributed by atoms with Crippen molar-refractivity contribution in [3.8, 4) is 0 Å². The van der Waals surface area contributed by atoms with Gasteiger partial charge >= 0.3 is 0 Å². The molecule has 0 radical (unpaired) electrons. The predicted molar refractivity (Wildman–Crippen MR) is 91.1 cm³/mol. The van der Waals surface area contributed by atoms with Gasteiger partial charge in [-0.25, -0.2) is 0 Å². The summed E-state index contributed by atoms with van der Waals surface area (Å²) in [5.74, 6) is 0. The fraction of sp³-hybridized carbons (Fsp3) is 0.333. The molecule has 3 heteroatoms. The minimum absolute atomic E-state index is 0.497. The molecule has 2 N–H and O–H groups in total. The predicted octanol–water partition coefficient (Wildman–Crippen LogP) is 3.90. The highest BCUT2D eigenvalue weighted by atomic mass is 79.9. The molecule has 21 heavy (non-hydrogen) atoms. The quantitative estimate of drug-likeness (QED) is 0.891. The fourth-order valence-corrected chi connectivity index (χ4v) is 3.68. The summed E-state index contributed by atoms with van der Waals surface area (Å²) in [6, 6.07) is 17.9. The van der Waals surface area contributed by atoms with Gasteiger partial charge in [0.05, 0.1) is 0 Å². The summed E-state index contributed by atoms with van der Waals surface area (Å²) in [5, 5.41) is 0. The van der Waals surface area contributed by atoms with Gasteiger partial charge in [0, 0.05) is 30.1 Å². The van der Waals surface area contributed by atoms with Gasteiger partial charge in [0.2, 0.25) is 0 Å². The first kappa shape index (κ1) is 14.8. The Kier molecular flexibility index (Phi) is 4.73. The number of nitrogens with two attached hydrogens (primary N) is 1. The molecule has 0 aromatic heterocycles. The van der Waals surface area contributed by atoms with Crippen LogP contribution in [0.2, 0.25) is 0 Å². The Morgan fingerprint density at radius 1 is 1.14 bits per heavy atom. The van der Waals surface area contributed by atoms with Crippen molar-refractivity contribution in [3.63, 3.8) is 0 Å². The second-order valence-electron chi connectivity index (χ2n) is 5.64. The number of rotatable bonds is 5. The van der Waals surface area contributed by atoms with Crippen LogP contribution in [0.1, 0.15) is 29.2 Å². The average Bonchev–Trinajstić information content (AvgIpc) is 2.90.